The van der Waals surface area contributed by atoms with E-state index in [1.807, 2.05) is 61.0 Å². The quantitative estimate of drug-likeness (QED) is 0.469. The highest BCUT2D eigenvalue weighted by molar-refractivity contribution is 7.22. The summed E-state index contributed by atoms with van der Waals surface area (Å²) in [5, 5.41) is 8.93. The predicted molar refractivity (Wildman–Crippen MR) is 110 cm³/mol. The molecule has 0 atom stereocenters. The number of rotatable bonds is 4. The number of nitrogens with zero attached hydrogens (tertiary/aromatic N) is 2. The van der Waals surface area contributed by atoms with Crippen molar-refractivity contribution >= 4 is 45.6 Å². The van der Waals surface area contributed by atoms with E-state index in [9.17, 15) is 4.79 Å². The molecular weight excluding hydrogens is 382 g/mol. The van der Waals surface area contributed by atoms with E-state index in [-0.39, 0.29) is 5.91 Å². The molecule has 0 bridgehead atoms. The molecule has 3 heterocycles. The van der Waals surface area contributed by atoms with E-state index < -0.39 is 0 Å². The SMILES string of the molecule is Cc1nc(-c2ccccc2NC(=O)c2sc(-c3cccs3)nc2C)cs1. The van der Waals surface area contributed by atoms with Crippen molar-refractivity contribution in [3.63, 3.8) is 0 Å². The molecule has 0 unspecified atom stereocenters. The molecule has 4 rings (SSSR count). The Morgan fingerprint density at radius 3 is 2.62 bits per heavy atom. The summed E-state index contributed by atoms with van der Waals surface area (Å²) in [5.74, 6) is -0.137. The fourth-order valence-corrected chi connectivity index (χ4v) is 4.97. The van der Waals surface area contributed by atoms with Crippen LogP contribution >= 0.6 is 34.0 Å². The van der Waals surface area contributed by atoms with Crippen LogP contribution in [0.25, 0.3) is 21.1 Å². The van der Waals surface area contributed by atoms with Crippen LogP contribution < -0.4 is 5.32 Å². The fraction of sp³-hybridized carbons (Fsp3) is 0.105. The third-order valence-electron chi connectivity index (χ3n) is 3.81. The first kappa shape index (κ1) is 17.1. The second-order valence-corrected chi connectivity index (χ2v) is 8.67. The maximum Gasteiger partial charge on any atom is 0.267 e. The average Bonchev–Trinajstić information content (AvgIpc) is 3.36. The van der Waals surface area contributed by atoms with Crippen LogP contribution in [0, 0.1) is 13.8 Å². The molecule has 0 saturated heterocycles. The normalized spacial score (nSPS) is 10.8. The number of thiophene rings is 1. The Morgan fingerprint density at radius 1 is 1.04 bits per heavy atom. The van der Waals surface area contributed by atoms with Gasteiger partial charge in [-0.25, -0.2) is 9.97 Å². The molecule has 1 aromatic carbocycles. The molecular formula is C19H15N3OS3. The van der Waals surface area contributed by atoms with E-state index >= 15 is 0 Å². The number of benzene rings is 1. The Morgan fingerprint density at radius 2 is 1.88 bits per heavy atom. The second-order valence-electron chi connectivity index (χ2n) is 5.66. The number of para-hydroxylation sites is 1. The summed E-state index contributed by atoms with van der Waals surface area (Å²) in [6.07, 6.45) is 0. The van der Waals surface area contributed by atoms with Crippen LogP contribution in [0.3, 0.4) is 0 Å². The number of anilines is 1. The van der Waals surface area contributed by atoms with Gasteiger partial charge in [-0.1, -0.05) is 24.3 Å². The molecule has 0 aliphatic carbocycles. The van der Waals surface area contributed by atoms with Crippen LogP contribution in [-0.2, 0) is 0 Å². The summed E-state index contributed by atoms with van der Waals surface area (Å²) in [5.41, 5.74) is 3.31. The minimum Gasteiger partial charge on any atom is -0.321 e. The Labute approximate surface area is 163 Å². The highest BCUT2D eigenvalue weighted by Gasteiger charge is 2.18. The fourth-order valence-electron chi connectivity index (χ4n) is 2.59. The van der Waals surface area contributed by atoms with E-state index in [2.05, 4.69) is 15.3 Å². The number of aromatic nitrogens is 2. The number of amides is 1. The highest BCUT2D eigenvalue weighted by atomic mass is 32.1. The molecule has 3 aromatic heterocycles. The van der Waals surface area contributed by atoms with Gasteiger partial charge in [-0.05, 0) is 31.4 Å². The van der Waals surface area contributed by atoms with E-state index in [1.54, 1.807) is 22.7 Å². The van der Waals surface area contributed by atoms with Gasteiger partial charge in [0.15, 0.2) is 0 Å². The highest BCUT2D eigenvalue weighted by Crippen LogP contribution is 2.33. The van der Waals surface area contributed by atoms with Crippen molar-refractivity contribution in [2.45, 2.75) is 13.8 Å². The zero-order chi connectivity index (χ0) is 18.1. The Kier molecular flexibility index (Phi) is 4.67. The van der Waals surface area contributed by atoms with Crippen molar-refractivity contribution < 1.29 is 4.79 Å². The summed E-state index contributed by atoms with van der Waals surface area (Å²) in [4.78, 5) is 23.7. The number of aryl methyl sites for hydroxylation is 2. The lowest BCUT2D eigenvalue weighted by Gasteiger charge is -2.09. The molecule has 0 aliphatic heterocycles. The molecule has 26 heavy (non-hydrogen) atoms. The first-order valence-corrected chi connectivity index (χ1v) is 10.5. The lowest BCUT2D eigenvalue weighted by atomic mass is 10.1. The predicted octanol–water partition coefficient (Wildman–Crippen LogP) is 5.86. The summed E-state index contributed by atoms with van der Waals surface area (Å²) >= 11 is 4.65. The number of nitrogens with one attached hydrogen (secondary N) is 1. The summed E-state index contributed by atoms with van der Waals surface area (Å²) in [6.45, 7) is 3.85. The summed E-state index contributed by atoms with van der Waals surface area (Å²) in [7, 11) is 0. The van der Waals surface area contributed by atoms with Gasteiger partial charge in [0.2, 0.25) is 0 Å². The van der Waals surface area contributed by atoms with Crippen molar-refractivity contribution in [3.8, 4) is 21.1 Å². The molecule has 0 saturated carbocycles. The maximum atomic E-state index is 12.9. The van der Waals surface area contributed by atoms with Crippen LogP contribution in [-0.4, -0.2) is 15.9 Å². The van der Waals surface area contributed by atoms with Gasteiger partial charge in [-0.15, -0.1) is 34.0 Å². The van der Waals surface area contributed by atoms with E-state index in [4.69, 9.17) is 0 Å². The third-order valence-corrected chi connectivity index (χ3v) is 6.77. The number of hydrogen-bond donors (Lipinski definition) is 1. The molecule has 4 aromatic rings. The molecule has 1 N–H and O–H groups in total. The smallest absolute Gasteiger partial charge is 0.267 e. The van der Waals surface area contributed by atoms with Gasteiger partial charge in [0.05, 0.1) is 27.0 Å². The molecule has 0 aliphatic rings. The maximum absolute atomic E-state index is 12.9. The van der Waals surface area contributed by atoms with Gasteiger partial charge in [0.25, 0.3) is 5.91 Å². The van der Waals surface area contributed by atoms with Gasteiger partial charge in [-0.2, -0.15) is 0 Å². The van der Waals surface area contributed by atoms with Crippen molar-refractivity contribution in [2.24, 2.45) is 0 Å². The van der Waals surface area contributed by atoms with Gasteiger partial charge in [-0.3, -0.25) is 4.79 Å². The first-order chi connectivity index (χ1) is 12.6. The zero-order valence-corrected chi connectivity index (χ0v) is 16.6. The second kappa shape index (κ2) is 7.11. The first-order valence-electron chi connectivity index (χ1n) is 7.96. The van der Waals surface area contributed by atoms with Gasteiger partial charge >= 0.3 is 0 Å². The molecule has 4 nitrogen and oxygen atoms in total. The topological polar surface area (TPSA) is 54.9 Å². The summed E-state index contributed by atoms with van der Waals surface area (Å²) in [6, 6.07) is 11.7. The molecule has 130 valence electrons. The molecule has 1 amide bonds. The van der Waals surface area contributed by atoms with Crippen LogP contribution in [0.1, 0.15) is 20.4 Å². The van der Waals surface area contributed by atoms with Crippen molar-refractivity contribution in [1.82, 2.24) is 9.97 Å². The Balaban J connectivity index is 1.64. The lowest BCUT2D eigenvalue weighted by Crippen LogP contribution is -2.12. The minimum atomic E-state index is -0.137. The van der Waals surface area contributed by atoms with Crippen molar-refractivity contribution in [3.05, 3.63) is 62.7 Å². The molecule has 0 spiro atoms. The van der Waals surface area contributed by atoms with Crippen LogP contribution in [0.4, 0.5) is 5.69 Å². The number of carbonyl (C=O) groups is 1. The standard InChI is InChI=1S/C19H15N3OS3/c1-11-17(26-19(20-11)16-8-5-9-24-16)18(23)22-14-7-4-3-6-13(14)15-10-25-12(2)21-15/h3-10H,1-2H3,(H,22,23). The molecule has 7 heteroatoms. The number of thiazole rings is 2. The Hall–Kier alpha value is -2.35. The van der Waals surface area contributed by atoms with Gasteiger partial charge < -0.3 is 5.32 Å². The minimum absolute atomic E-state index is 0.137. The largest absolute Gasteiger partial charge is 0.321 e. The lowest BCUT2D eigenvalue weighted by molar-refractivity contribution is 0.103. The summed E-state index contributed by atoms with van der Waals surface area (Å²) < 4.78 is 0. The zero-order valence-electron chi connectivity index (χ0n) is 14.1. The van der Waals surface area contributed by atoms with Gasteiger partial charge in [0.1, 0.15) is 9.88 Å². The van der Waals surface area contributed by atoms with Crippen molar-refractivity contribution in [1.29, 1.82) is 0 Å². The number of hydrogen-bond acceptors (Lipinski definition) is 6. The monoisotopic (exact) mass is 397 g/mol. The van der Waals surface area contributed by atoms with E-state index in [1.165, 1.54) is 11.3 Å². The molecule has 0 radical (unpaired) electrons. The number of carbonyl (C=O) groups excluding carboxylic acids is 1. The van der Waals surface area contributed by atoms with Crippen LogP contribution in [0.15, 0.2) is 47.2 Å². The third kappa shape index (κ3) is 3.33. The van der Waals surface area contributed by atoms with E-state index in [0.717, 1.165) is 37.5 Å². The van der Waals surface area contributed by atoms with Gasteiger partial charge in [0, 0.05) is 10.9 Å². The van der Waals surface area contributed by atoms with E-state index in [0.29, 0.717) is 4.88 Å². The van der Waals surface area contributed by atoms with Crippen LogP contribution in [0.5, 0.6) is 0 Å². The van der Waals surface area contributed by atoms with Crippen LogP contribution in [0.2, 0.25) is 0 Å². The molecule has 0 fully saturated rings. The van der Waals surface area contributed by atoms with Crippen molar-refractivity contribution in [2.75, 3.05) is 5.32 Å². The average molecular weight is 398 g/mol. The Bertz CT molecular complexity index is 1060.